The van der Waals surface area contributed by atoms with Crippen LogP contribution in [0.1, 0.15) is 6.42 Å². The van der Waals surface area contributed by atoms with E-state index in [0.717, 1.165) is 6.54 Å². The summed E-state index contributed by atoms with van der Waals surface area (Å²) in [6.45, 7) is 4.14. The van der Waals surface area contributed by atoms with Crippen LogP contribution < -0.4 is 5.32 Å². The molecule has 1 heterocycles. The van der Waals surface area contributed by atoms with Gasteiger partial charge in [-0.2, -0.15) is 13.2 Å². The molecule has 1 aliphatic rings. The molecule has 0 bridgehead atoms. The number of halogens is 3. The van der Waals surface area contributed by atoms with Crippen molar-refractivity contribution in [1.29, 1.82) is 0 Å². The summed E-state index contributed by atoms with van der Waals surface area (Å²) in [7, 11) is -3.03. The second-order valence-corrected chi connectivity index (χ2v) is 8.74. The minimum atomic E-state index is -3.94. The molecule has 5 heteroatoms. The van der Waals surface area contributed by atoms with Crippen molar-refractivity contribution in [2.24, 2.45) is 0 Å². The maximum Gasteiger partial charge on any atom is 0.361 e. The van der Waals surface area contributed by atoms with E-state index in [0.29, 0.717) is 13.0 Å². The summed E-state index contributed by atoms with van der Waals surface area (Å²) >= 11 is 0. The molecule has 0 spiro atoms. The van der Waals surface area contributed by atoms with Crippen LogP contribution in [0, 0.1) is 0 Å². The molecule has 1 saturated heterocycles. The van der Waals surface area contributed by atoms with Crippen LogP contribution in [0.15, 0.2) is 0 Å². The van der Waals surface area contributed by atoms with Gasteiger partial charge in [-0.1, -0.05) is 13.1 Å². The summed E-state index contributed by atoms with van der Waals surface area (Å²) < 4.78 is 37.6. The molecule has 1 rings (SSSR count). The van der Waals surface area contributed by atoms with Crippen LogP contribution in [0.4, 0.5) is 13.2 Å². The number of hydrogen-bond donors (Lipinski definition) is 1. The third-order valence-corrected chi connectivity index (χ3v) is 6.81. The maximum atomic E-state index is 12.5. The van der Waals surface area contributed by atoms with Crippen LogP contribution in [-0.2, 0) is 0 Å². The van der Waals surface area contributed by atoms with Crippen molar-refractivity contribution < 1.29 is 13.2 Å². The van der Waals surface area contributed by atoms with Gasteiger partial charge in [0.25, 0.3) is 0 Å². The fourth-order valence-corrected chi connectivity index (χ4v) is 3.49. The molecule has 0 aromatic carbocycles. The smallest absolute Gasteiger partial charge is 0.317 e. The minimum absolute atomic E-state index is 0.127. The van der Waals surface area contributed by atoms with Crippen molar-refractivity contribution in [2.45, 2.75) is 30.9 Å². The Hall–Kier alpha value is -0.0331. The summed E-state index contributed by atoms with van der Waals surface area (Å²) in [5.41, 5.74) is -0.127. The Morgan fingerprint density at radius 2 is 1.92 bits per heavy atom. The molecule has 1 atom stereocenters. The van der Waals surface area contributed by atoms with Crippen molar-refractivity contribution in [3.05, 3.63) is 0 Å². The van der Waals surface area contributed by atoms with E-state index in [1.165, 1.54) is 13.1 Å². The summed E-state index contributed by atoms with van der Waals surface area (Å²) in [4.78, 5) is 0. The quantitative estimate of drug-likeness (QED) is 0.635. The van der Waals surface area contributed by atoms with E-state index in [1.807, 2.05) is 0 Å². The first-order chi connectivity index (χ1) is 5.36. The van der Waals surface area contributed by atoms with Crippen LogP contribution in [0.3, 0.4) is 0 Å². The van der Waals surface area contributed by atoms with Crippen LogP contribution in [0.5, 0.6) is 0 Å². The lowest BCUT2D eigenvalue weighted by Crippen LogP contribution is -2.49. The predicted molar refractivity (Wildman–Crippen MR) is 44.8 cm³/mol. The Kier molecular flexibility index (Phi) is 2.54. The molecule has 0 radical (unpaired) electrons. The van der Waals surface area contributed by atoms with Gasteiger partial charge < -0.3 is 5.32 Å². The topological polar surface area (TPSA) is 12.0 Å². The summed E-state index contributed by atoms with van der Waals surface area (Å²) in [5.74, 6) is -3.94. The predicted octanol–water partition coefficient (Wildman–Crippen LogP) is 2.16. The molecule has 0 aromatic heterocycles. The second-order valence-electron chi connectivity index (χ2n) is 3.91. The standard InChI is InChI=1S/C7H14F3NSi/c1-12(2,7(8,9)10)6-3-4-11-5-6/h6,11H,3-5H2,1-2H3. The van der Waals surface area contributed by atoms with Gasteiger partial charge in [0.05, 0.1) is 0 Å². The second kappa shape index (κ2) is 3.03. The average molecular weight is 197 g/mol. The summed E-state index contributed by atoms with van der Waals surface area (Å²) in [6.07, 6.45) is 0.693. The first-order valence-electron chi connectivity index (χ1n) is 4.13. The molecule has 1 N–H and O–H groups in total. The van der Waals surface area contributed by atoms with Gasteiger partial charge >= 0.3 is 5.80 Å². The number of rotatable bonds is 1. The Bertz CT molecular complexity index is 161. The molecule has 1 aliphatic heterocycles. The van der Waals surface area contributed by atoms with Crippen LogP contribution in [-0.4, -0.2) is 27.0 Å². The van der Waals surface area contributed by atoms with Gasteiger partial charge in [0.1, 0.15) is 0 Å². The van der Waals surface area contributed by atoms with Crippen molar-refractivity contribution in [3.8, 4) is 0 Å². The van der Waals surface area contributed by atoms with Gasteiger partial charge in [-0.25, -0.2) is 0 Å². The van der Waals surface area contributed by atoms with Gasteiger partial charge in [-0.05, 0) is 25.1 Å². The number of hydrogen-bond acceptors (Lipinski definition) is 1. The van der Waals surface area contributed by atoms with Crippen molar-refractivity contribution >= 4 is 8.07 Å². The van der Waals surface area contributed by atoms with Crippen LogP contribution >= 0.6 is 0 Å². The van der Waals surface area contributed by atoms with Crippen molar-refractivity contribution in [2.75, 3.05) is 13.1 Å². The van der Waals surface area contributed by atoms with Gasteiger partial charge in [-0.3, -0.25) is 0 Å². The monoisotopic (exact) mass is 197 g/mol. The number of nitrogens with one attached hydrogen (secondary N) is 1. The first kappa shape index (κ1) is 10.1. The highest BCUT2D eigenvalue weighted by molar-refractivity contribution is 6.80. The molecule has 12 heavy (non-hydrogen) atoms. The van der Waals surface area contributed by atoms with E-state index in [2.05, 4.69) is 5.32 Å². The average Bonchev–Trinajstić information content (AvgIpc) is 2.34. The molecule has 1 fully saturated rings. The minimum Gasteiger partial charge on any atom is -0.317 e. The largest absolute Gasteiger partial charge is 0.361 e. The third-order valence-electron chi connectivity index (χ3n) is 2.81. The van der Waals surface area contributed by atoms with Crippen LogP contribution in [0.25, 0.3) is 0 Å². The number of alkyl halides is 3. The zero-order valence-corrected chi connectivity index (χ0v) is 8.33. The Morgan fingerprint density at radius 3 is 2.25 bits per heavy atom. The molecule has 1 nitrogen and oxygen atoms in total. The zero-order valence-electron chi connectivity index (χ0n) is 7.33. The van der Waals surface area contributed by atoms with E-state index in [1.54, 1.807) is 0 Å². The SMILES string of the molecule is C[Si](C)(C1CCNC1)C(F)(F)F. The fourth-order valence-electron chi connectivity index (χ4n) is 1.50. The molecular formula is C7H14F3NSi. The van der Waals surface area contributed by atoms with E-state index in [9.17, 15) is 13.2 Å². The van der Waals surface area contributed by atoms with Gasteiger partial charge in [0, 0.05) is 0 Å². The Balaban J connectivity index is 2.69. The molecule has 0 aromatic rings. The third kappa shape index (κ3) is 1.66. The molecule has 0 aliphatic carbocycles. The summed E-state index contributed by atoms with van der Waals surface area (Å²) in [6, 6.07) is 0. The van der Waals surface area contributed by atoms with Crippen LogP contribution in [0.2, 0.25) is 18.6 Å². The first-order valence-corrected chi connectivity index (χ1v) is 7.21. The highest BCUT2D eigenvalue weighted by atomic mass is 28.3. The Morgan fingerprint density at radius 1 is 1.33 bits per heavy atom. The molecule has 0 amide bonds. The van der Waals surface area contributed by atoms with Crippen molar-refractivity contribution in [1.82, 2.24) is 5.32 Å². The molecule has 1 unspecified atom stereocenters. The lowest BCUT2D eigenvalue weighted by Gasteiger charge is -2.30. The maximum absolute atomic E-state index is 12.5. The van der Waals surface area contributed by atoms with E-state index >= 15 is 0 Å². The van der Waals surface area contributed by atoms with E-state index in [4.69, 9.17) is 0 Å². The lowest BCUT2D eigenvalue weighted by molar-refractivity contribution is -0.0574. The lowest BCUT2D eigenvalue weighted by atomic mass is 10.4. The van der Waals surface area contributed by atoms with Gasteiger partial charge in [0.2, 0.25) is 0 Å². The molecule has 72 valence electrons. The highest BCUT2D eigenvalue weighted by Gasteiger charge is 2.54. The molecular weight excluding hydrogens is 183 g/mol. The summed E-state index contributed by atoms with van der Waals surface area (Å²) in [5, 5.41) is 2.99. The van der Waals surface area contributed by atoms with Gasteiger partial charge in [0.15, 0.2) is 8.07 Å². The fraction of sp³-hybridized carbons (Fsp3) is 1.00. The normalized spacial score (nSPS) is 26.2. The Labute approximate surface area is 71.4 Å². The van der Waals surface area contributed by atoms with Gasteiger partial charge in [-0.15, -0.1) is 0 Å². The molecule has 0 saturated carbocycles. The van der Waals surface area contributed by atoms with Crippen molar-refractivity contribution in [3.63, 3.8) is 0 Å². The highest BCUT2D eigenvalue weighted by Crippen LogP contribution is 2.40. The van der Waals surface area contributed by atoms with E-state index < -0.39 is 13.9 Å². The zero-order chi connectivity index (χ0) is 9.41. The van der Waals surface area contributed by atoms with E-state index in [-0.39, 0.29) is 5.54 Å².